The quantitative estimate of drug-likeness (QED) is 0.834. The number of carboxylic acid groups (broad SMARTS) is 1. The number of carbonyl (C=O) groups excluding carboxylic acids is 1. The molecule has 0 radical (unpaired) electrons. The lowest BCUT2D eigenvalue weighted by atomic mass is 9.99. The fourth-order valence-corrected chi connectivity index (χ4v) is 1.83. The molecule has 0 amide bonds. The van der Waals surface area contributed by atoms with Crippen molar-refractivity contribution in [3.05, 3.63) is 59.2 Å². The number of methoxy groups -OCH3 is 1. The van der Waals surface area contributed by atoms with Crippen molar-refractivity contribution in [2.75, 3.05) is 7.11 Å². The van der Waals surface area contributed by atoms with E-state index >= 15 is 0 Å². The maximum absolute atomic E-state index is 12.2. The van der Waals surface area contributed by atoms with Crippen molar-refractivity contribution in [3.8, 4) is 11.5 Å². The van der Waals surface area contributed by atoms with Crippen LogP contribution in [-0.2, 0) is 0 Å². The molecule has 5 nitrogen and oxygen atoms in total. The predicted molar refractivity (Wildman–Crippen MR) is 71.5 cm³/mol. The standard InChI is InChI=1S/C15H12O5/c1-20-13-8-12(16)10(7-11(13)15(18)19)14(17)9-5-3-2-4-6-9/h2-8,16H,1H3,(H,18,19). The Morgan fingerprint density at radius 2 is 1.70 bits per heavy atom. The molecular weight excluding hydrogens is 260 g/mol. The third kappa shape index (κ3) is 2.47. The van der Waals surface area contributed by atoms with Gasteiger partial charge >= 0.3 is 5.97 Å². The lowest BCUT2D eigenvalue weighted by Crippen LogP contribution is -2.06. The van der Waals surface area contributed by atoms with Crippen molar-refractivity contribution < 1.29 is 24.5 Å². The number of rotatable bonds is 4. The van der Waals surface area contributed by atoms with Gasteiger partial charge in [-0.1, -0.05) is 30.3 Å². The number of hydrogen-bond donors (Lipinski definition) is 2. The number of phenolic OH excluding ortho intramolecular Hbond substituents is 1. The highest BCUT2D eigenvalue weighted by atomic mass is 16.5. The molecule has 0 heterocycles. The van der Waals surface area contributed by atoms with E-state index in [1.807, 2.05) is 0 Å². The second kappa shape index (κ2) is 5.44. The molecular formula is C15H12O5. The Balaban J connectivity index is 2.55. The summed E-state index contributed by atoms with van der Waals surface area (Å²) in [6, 6.07) is 10.6. The smallest absolute Gasteiger partial charge is 0.339 e. The Hall–Kier alpha value is -2.82. The summed E-state index contributed by atoms with van der Waals surface area (Å²) in [4.78, 5) is 23.4. The van der Waals surface area contributed by atoms with E-state index in [-0.39, 0.29) is 22.6 Å². The number of hydrogen-bond acceptors (Lipinski definition) is 4. The van der Waals surface area contributed by atoms with Gasteiger partial charge < -0.3 is 14.9 Å². The van der Waals surface area contributed by atoms with Crippen molar-refractivity contribution in [3.63, 3.8) is 0 Å². The van der Waals surface area contributed by atoms with E-state index in [0.717, 1.165) is 12.1 Å². The summed E-state index contributed by atoms with van der Waals surface area (Å²) < 4.78 is 4.88. The maximum atomic E-state index is 12.2. The molecule has 2 rings (SSSR count). The van der Waals surface area contributed by atoms with Crippen molar-refractivity contribution in [2.24, 2.45) is 0 Å². The zero-order valence-corrected chi connectivity index (χ0v) is 10.7. The third-order valence-corrected chi connectivity index (χ3v) is 2.83. The summed E-state index contributed by atoms with van der Waals surface area (Å²) >= 11 is 0. The van der Waals surface area contributed by atoms with Crippen LogP contribution in [0.3, 0.4) is 0 Å². The van der Waals surface area contributed by atoms with E-state index in [1.165, 1.54) is 7.11 Å². The molecule has 0 saturated heterocycles. The number of carbonyl (C=O) groups is 2. The van der Waals surface area contributed by atoms with Gasteiger partial charge in [-0.25, -0.2) is 4.79 Å². The second-order valence-electron chi connectivity index (χ2n) is 4.07. The average molecular weight is 272 g/mol. The highest BCUT2D eigenvalue weighted by molar-refractivity contribution is 6.12. The Morgan fingerprint density at radius 1 is 1.05 bits per heavy atom. The van der Waals surface area contributed by atoms with Gasteiger partial charge in [-0.15, -0.1) is 0 Å². The van der Waals surface area contributed by atoms with Gasteiger partial charge in [-0.3, -0.25) is 4.79 Å². The molecule has 2 aromatic carbocycles. The first-order chi connectivity index (χ1) is 9.54. The van der Waals surface area contributed by atoms with Gasteiger partial charge in [0.15, 0.2) is 5.78 Å². The van der Waals surface area contributed by atoms with Gasteiger partial charge in [-0.2, -0.15) is 0 Å². The number of ketones is 1. The fraction of sp³-hybridized carbons (Fsp3) is 0.0667. The minimum atomic E-state index is -1.23. The Kier molecular flexibility index (Phi) is 3.70. The minimum absolute atomic E-state index is 0.000360. The van der Waals surface area contributed by atoms with E-state index in [9.17, 15) is 14.7 Å². The largest absolute Gasteiger partial charge is 0.507 e. The summed E-state index contributed by atoms with van der Waals surface area (Å²) in [5.41, 5.74) is 0.114. The predicted octanol–water partition coefficient (Wildman–Crippen LogP) is 2.33. The summed E-state index contributed by atoms with van der Waals surface area (Å²) in [7, 11) is 1.29. The molecule has 2 N–H and O–H groups in total. The lowest BCUT2D eigenvalue weighted by molar-refractivity contribution is 0.0693. The molecule has 20 heavy (non-hydrogen) atoms. The lowest BCUT2D eigenvalue weighted by Gasteiger charge is -2.09. The summed E-state index contributed by atoms with van der Waals surface area (Å²) in [5.74, 6) is -2.00. The Morgan fingerprint density at radius 3 is 2.25 bits per heavy atom. The highest BCUT2D eigenvalue weighted by Crippen LogP contribution is 2.29. The van der Waals surface area contributed by atoms with E-state index in [4.69, 9.17) is 9.84 Å². The molecule has 0 unspecified atom stereocenters. The summed E-state index contributed by atoms with van der Waals surface area (Å²) in [6.07, 6.45) is 0. The third-order valence-electron chi connectivity index (χ3n) is 2.83. The molecule has 0 atom stereocenters. The van der Waals surface area contributed by atoms with Crippen molar-refractivity contribution >= 4 is 11.8 Å². The number of benzene rings is 2. The van der Waals surface area contributed by atoms with E-state index in [0.29, 0.717) is 5.56 Å². The van der Waals surface area contributed by atoms with Gasteiger partial charge in [0.1, 0.15) is 17.1 Å². The van der Waals surface area contributed by atoms with Gasteiger partial charge in [0.25, 0.3) is 0 Å². The monoisotopic (exact) mass is 272 g/mol. The van der Waals surface area contributed by atoms with Crippen LogP contribution in [0.25, 0.3) is 0 Å². The normalized spacial score (nSPS) is 10.1. The molecule has 0 bridgehead atoms. The van der Waals surface area contributed by atoms with E-state index in [1.54, 1.807) is 30.3 Å². The SMILES string of the molecule is COc1cc(O)c(C(=O)c2ccccc2)cc1C(=O)O. The van der Waals surface area contributed by atoms with Crippen molar-refractivity contribution in [1.29, 1.82) is 0 Å². The first-order valence-electron chi connectivity index (χ1n) is 5.78. The number of carboxylic acids is 1. The van der Waals surface area contributed by atoms with Gasteiger partial charge in [0.05, 0.1) is 12.7 Å². The molecule has 0 aliphatic rings. The van der Waals surface area contributed by atoms with Crippen LogP contribution in [0.1, 0.15) is 26.3 Å². The maximum Gasteiger partial charge on any atom is 0.339 e. The number of aromatic hydroxyl groups is 1. The van der Waals surface area contributed by atoms with Gasteiger partial charge in [-0.05, 0) is 6.07 Å². The van der Waals surface area contributed by atoms with E-state index < -0.39 is 11.8 Å². The van der Waals surface area contributed by atoms with Crippen LogP contribution < -0.4 is 4.74 Å². The highest BCUT2D eigenvalue weighted by Gasteiger charge is 2.20. The van der Waals surface area contributed by atoms with Crippen LogP contribution in [0.4, 0.5) is 0 Å². The van der Waals surface area contributed by atoms with Gasteiger partial charge in [0.2, 0.25) is 0 Å². The Labute approximate surface area is 115 Å². The van der Waals surface area contributed by atoms with Crippen LogP contribution in [0, 0.1) is 0 Å². The molecule has 2 aromatic rings. The first kappa shape index (κ1) is 13.6. The molecule has 0 fully saturated rings. The Bertz CT molecular complexity index is 661. The van der Waals surface area contributed by atoms with Crippen LogP contribution in [0.2, 0.25) is 0 Å². The van der Waals surface area contributed by atoms with Gasteiger partial charge in [0, 0.05) is 11.6 Å². The van der Waals surface area contributed by atoms with Crippen molar-refractivity contribution in [2.45, 2.75) is 0 Å². The van der Waals surface area contributed by atoms with Crippen LogP contribution in [-0.4, -0.2) is 29.1 Å². The number of aromatic carboxylic acids is 1. The van der Waals surface area contributed by atoms with Crippen molar-refractivity contribution in [1.82, 2.24) is 0 Å². The number of ether oxygens (including phenoxy) is 1. The molecule has 0 spiro atoms. The molecule has 0 saturated carbocycles. The average Bonchev–Trinajstić information content (AvgIpc) is 2.46. The topological polar surface area (TPSA) is 83.8 Å². The first-order valence-corrected chi connectivity index (χ1v) is 5.78. The molecule has 0 aliphatic heterocycles. The zero-order valence-electron chi connectivity index (χ0n) is 10.7. The fourth-order valence-electron chi connectivity index (χ4n) is 1.83. The number of phenols is 1. The molecule has 0 aromatic heterocycles. The molecule has 102 valence electrons. The van der Waals surface area contributed by atoms with E-state index in [2.05, 4.69) is 0 Å². The zero-order chi connectivity index (χ0) is 14.7. The second-order valence-corrected chi connectivity index (χ2v) is 4.07. The molecule has 5 heteroatoms. The summed E-state index contributed by atoms with van der Waals surface area (Å²) in [6.45, 7) is 0. The van der Waals surface area contributed by atoms with Crippen LogP contribution in [0.5, 0.6) is 11.5 Å². The minimum Gasteiger partial charge on any atom is -0.507 e. The van der Waals surface area contributed by atoms with Crippen LogP contribution >= 0.6 is 0 Å². The molecule has 0 aliphatic carbocycles. The summed E-state index contributed by atoms with van der Waals surface area (Å²) in [5, 5.41) is 19.0. The van der Waals surface area contributed by atoms with Crippen LogP contribution in [0.15, 0.2) is 42.5 Å².